The number of ketones is 1. The molecule has 80 valence electrons. The lowest BCUT2D eigenvalue weighted by Crippen LogP contribution is -2.14. The number of anilines is 1. The van der Waals surface area contributed by atoms with Gasteiger partial charge in [-0.15, -0.1) is 11.6 Å². The minimum atomic E-state index is -0.182. The third kappa shape index (κ3) is 3.36. The lowest BCUT2D eigenvalue weighted by molar-refractivity contribution is -0.115. The van der Waals surface area contributed by atoms with Gasteiger partial charge in [0.05, 0.1) is 5.69 Å². The second-order valence-electron chi connectivity index (χ2n) is 3.09. The van der Waals surface area contributed by atoms with Gasteiger partial charge in [-0.25, -0.2) is 0 Å². The molecule has 0 saturated carbocycles. The Morgan fingerprint density at radius 1 is 1.33 bits per heavy atom. The molecule has 0 heterocycles. The third-order valence-electron chi connectivity index (χ3n) is 1.90. The topological polar surface area (TPSA) is 46.2 Å². The summed E-state index contributed by atoms with van der Waals surface area (Å²) in [5.74, 6) is 0.0177. The van der Waals surface area contributed by atoms with E-state index in [1.54, 1.807) is 24.3 Å². The normalized spacial score (nSPS) is 9.73. The number of carbonyl (C=O) groups excluding carboxylic acids is 2. The van der Waals surface area contributed by atoms with Crippen molar-refractivity contribution in [2.24, 2.45) is 0 Å². The Morgan fingerprint density at radius 2 is 2.00 bits per heavy atom. The Kier molecular flexibility index (Phi) is 4.31. The van der Waals surface area contributed by atoms with Gasteiger partial charge in [-0.1, -0.05) is 12.1 Å². The third-order valence-corrected chi connectivity index (χ3v) is 2.09. The molecule has 0 unspecified atom stereocenters. The fraction of sp³-hybridized carbons (Fsp3) is 0.273. The van der Waals surface area contributed by atoms with Crippen LogP contribution in [0.25, 0.3) is 0 Å². The van der Waals surface area contributed by atoms with Crippen LogP contribution in [0.15, 0.2) is 24.3 Å². The molecule has 1 aromatic carbocycles. The first-order valence-electron chi connectivity index (χ1n) is 4.61. The number of nitrogens with one attached hydrogen (secondary N) is 1. The minimum absolute atomic E-state index is 0.0724. The van der Waals surface area contributed by atoms with Crippen LogP contribution in [0, 0.1) is 0 Å². The van der Waals surface area contributed by atoms with Crippen molar-refractivity contribution in [2.45, 2.75) is 13.3 Å². The summed E-state index contributed by atoms with van der Waals surface area (Å²) in [6, 6.07) is 6.90. The highest BCUT2D eigenvalue weighted by atomic mass is 35.5. The number of benzene rings is 1. The van der Waals surface area contributed by atoms with E-state index in [1.807, 2.05) is 0 Å². The molecule has 0 fully saturated rings. The van der Waals surface area contributed by atoms with Gasteiger partial charge in [0.15, 0.2) is 5.78 Å². The maximum absolute atomic E-state index is 11.3. The van der Waals surface area contributed by atoms with Gasteiger partial charge in [-0.05, 0) is 19.1 Å². The summed E-state index contributed by atoms with van der Waals surface area (Å²) < 4.78 is 0. The van der Waals surface area contributed by atoms with Gasteiger partial charge in [0.1, 0.15) is 0 Å². The molecule has 1 amide bonds. The molecular weight excluding hydrogens is 214 g/mol. The summed E-state index contributed by atoms with van der Waals surface area (Å²) in [4.78, 5) is 22.5. The average Bonchev–Trinajstić information content (AvgIpc) is 2.18. The summed E-state index contributed by atoms with van der Waals surface area (Å²) in [5.41, 5.74) is 1.06. The fourth-order valence-corrected chi connectivity index (χ4v) is 1.37. The van der Waals surface area contributed by atoms with Crippen LogP contribution in [0.5, 0.6) is 0 Å². The predicted molar refractivity (Wildman–Crippen MR) is 60.4 cm³/mol. The molecule has 1 rings (SSSR count). The number of alkyl halides is 1. The molecule has 15 heavy (non-hydrogen) atoms. The monoisotopic (exact) mass is 225 g/mol. The number of carbonyl (C=O) groups is 2. The van der Waals surface area contributed by atoms with Crippen molar-refractivity contribution in [1.82, 2.24) is 0 Å². The van der Waals surface area contributed by atoms with Gasteiger partial charge >= 0.3 is 0 Å². The lowest BCUT2D eigenvalue weighted by Gasteiger charge is -2.07. The van der Waals surface area contributed by atoms with Crippen molar-refractivity contribution in [2.75, 3.05) is 11.2 Å². The van der Waals surface area contributed by atoms with Crippen LogP contribution in [0.4, 0.5) is 5.69 Å². The first-order valence-corrected chi connectivity index (χ1v) is 5.14. The standard InChI is InChI=1S/C11H12ClNO2/c1-8(14)9-4-2-3-5-10(9)13-11(15)6-7-12/h2-5H,6-7H2,1H3,(H,13,15). The number of hydrogen-bond acceptors (Lipinski definition) is 2. The second-order valence-corrected chi connectivity index (χ2v) is 3.47. The highest BCUT2D eigenvalue weighted by molar-refractivity contribution is 6.19. The van der Waals surface area contributed by atoms with Gasteiger partial charge in [0, 0.05) is 17.9 Å². The molecule has 0 bridgehead atoms. The van der Waals surface area contributed by atoms with E-state index in [0.717, 1.165) is 0 Å². The molecule has 1 aromatic rings. The zero-order chi connectivity index (χ0) is 11.3. The van der Waals surface area contributed by atoms with Gasteiger partial charge in [-0.2, -0.15) is 0 Å². The predicted octanol–water partition coefficient (Wildman–Crippen LogP) is 2.46. The van der Waals surface area contributed by atoms with E-state index in [1.165, 1.54) is 6.92 Å². The van der Waals surface area contributed by atoms with Gasteiger partial charge in [-0.3, -0.25) is 9.59 Å². The maximum atomic E-state index is 11.3. The Morgan fingerprint density at radius 3 is 2.60 bits per heavy atom. The molecule has 0 aliphatic carbocycles. The van der Waals surface area contributed by atoms with Gasteiger partial charge in [0.2, 0.25) is 5.91 Å². The van der Waals surface area contributed by atoms with E-state index in [0.29, 0.717) is 11.3 Å². The van der Waals surface area contributed by atoms with E-state index in [9.17, 15) is 9.59 Å². The van der Waals surface area contributed by atoms with Crippen LogP contribution < -0.4 is 5.32 Å². The summed E-state index contributed by atoms with van der Waals surface area (Å²) in [7, 11) is 0. The van der Waals surface area contributed by atoms with E-state index >= 15 is 0 Å². The molecule has 0 aromatic heterocycles. The number of amides is 1. The molecule has 0 aliphatic heterocycles. The van der Waals surface area contributed by atoms with Gasteiger partial charge in [0.25, 0.3) is 0 Å². The van der Waals surface area contributed by atoms with Crippen molar-refractivity contribution in [3.8, 4) is 0 Å². The summed E-state index contributed by atoms with van der Waals surface area (Å²) >= 11 is 5.44. The second kappa shape index (κ2) is 5.51. The molecular formula is C11H12ClNO2. The molecule has 0 saturated heterocycles. The SMILES string of the molecule is CC(=O)c1ccccc1NC(=O)CCCl. The van der Waals surface area contributed by atoms with Crippen molar-refractivity contribution in [1.29, 1.82) is 0 Å². The zero-order valence-electron chi connectivity index (χ0n) is 8.42. The molecule has 4 heteroatoms. The number of rotatable bonds is 4. The highest BCUT2D eigenvalue weighted by Gasteiger charge is 2.08. The van der Waals surface area contributed by atoms with E-state index in [4.69, 9.17) is 11.6 Å². The van der Waals surface area contributed by atoms with E-state index < -0.39 is 0 Å². The van der Waals surface area contributed by atoms with Crippen LogP contribution >= 0.6 is 11.6 Å². The number of halogens is 1. The molecule has 0 atom stereocenters. The first kappa shape index (κ1) is 11.7. The number of Topliss-reactive ketones (excluding diaryl/α,β-unsaturated/α-hetero) is 1. The van der Waals surface area contributed by atoms with Crippen LogP contribution in [-0.4, -0.2) is 17.6 Å². The Bertz CT molecular complexity index is 377. The van der Waals surface area contributed by atoms with Crippen molar-refractivity contribution >= 4 is 29.0 Å². The Hall–Kier alpha value is -1.35. The van der Waals surface area contributed by atoms with Crippen LogP contribution in [-0.2, 0) is 4.79 Å². The van der Waals surface area contributed by atoms with Crippen molar-refractivity contribution < 1.29 is 9.59 Å². The molecule has 1 N–H and O–H groups in total. The van der Waals surface area contributed by atoms with E-state index in [2.05, 4.69) is 5.32 Å². The van der Waals surface area contributed by atoms with Crippen LogP contribution in [0.1, 0.15) is 23.7 Å². The lowest BCUT2D eigenvalue weighted by atomic mass is 10.1. The fourth-order valence-electron chi connectivity index (χ4n) is 1.20. The average molecular weight is 226 g/mol. The highest BCUT2D eigenvalue weighted by Crippen LogP contribution is 2.15. The van der Waals surface area contributed by atoms with Crippen LogP contribution in [0.3, 0.4) is 0 Å². The van der Waals surface area contributed by atoms with E-state index in [-0.39, 0.29) is 24.0 Å². The molecule has 3 nitrogen and oxygen atoms in total. The Balaban J connectivity index is 2.84. The molecule has 0 aliphatic rings. The number of para-hydroxylation sites is 1. The smallest absolute Gasteiger partial charge is 0.225 e. The summed E-state index contributed by atoms with van der Waals surface area (Å²) in [5, 5.41) is 2.65. The number of hydrogen-bond donors (Lipinski definition) is 1. The van der Waals surface area contributed by atoms with Crippen LogP contribution in [0.2, 0.25) is 0 Å². The largest absolute Gasteiger partial charge is 0.325 e. The minimum Gasteiger partial charge on any atom is -0.325 e. The zero-order valence-corrected chi connectivity index (χ0v) is 9.17. The molecule has 0 spiro atoms. The quantitative estimate of drug-likeness (QED) is 0.632. The van der Waals surface area contributed by atoms with Crippen molar-refractivity contribution in [3.63, 3.8) is 0 Å². The first-order chi connectivity index (χ1) is 7.15. The summed E-state index contributed by atoms with van der Waals surface area (Å²) in [6.45, 7) is 1.46. The van der Waals surface area contributed by atoms with Gasteiger partial charge < -0.3 is 5.32 Å². The summed E-state index contributed by atoms with van der Waals surface area (Å²) in [6.07, 6.45) is 0.244. The Labute approximate surface area is 93.4 Å². The molecule has 0 radical (unpaired) electrons. The maximum Gasteiger partial charge on any atom is 0.225 e. The van der Waals surface area contributed by atoms with Crippen molar-refractivity contribution in [3.05, 3.63) is 29.8 Å².